The predicted molar refractivity (Wildman–Crippen MR) is 109 cm³/mol. The van der Waals surface area contributed by atoms with Crippen LogP contribution in [0.3, 0.4) is 0 Å². The molecule has 0 unspecified atom stereocenters. The zero-order valence-corrected chi connectivity index (χ0v) is 16.5. The zero-order chi connectivity index (χ0) is 20.2. The van der Waals surface area contributed by atoms with Crippen LogP contribution in [-0.2, 0) is 17.8 Å². The molecule has 0 aliphatic heterocycles. The van der Waals surface area contributed by atoms with Gasteiger partial charge in [0, 0.05) is 49.2 Å². The molecule has 3 aromatic rings. The number of amides is 2. The van der Waals surface area contributed by atoms with Crippen molar-refractivity contribution < 1.29 is 9.59 Å². The Morgan fingerprint density at radius 3 is 2.83 bits per heavy atom. The van der Waals surface area contributed by atoms with E-state index < -0.39 is 0 Å². The number of aromatic nitrogens is 4. The highest BCUT2D eigenvalue weighted by atomic mass is 16.2. The minimum absolute atomic E-state index is 0.0380. The van der Waals surface area contributed by atoms with Crippen LogP contribution in [0, 0.1) is 0 Å². The summed E-state index contributed by atoms with van der Waals surface area (Å²) >= 11 is 0. The third-order valence-corrected chi connectivity index (χ3v) is 5.52. The van der Waals surface area contributed by atoms with Gasteiger partial charge in [-0.05, 0) is 25.3 Å². The van der Waals surface area contributed by atoms with Crippen LogP contribution in [0.1, 0.15) is 48.9 Å². The zero-order valence-electron chi connectivity index (χ0n) is 16.5. The van der Waals surface area contributed by atoms with Gasteiger partial charge in [0.2, 0.25) is 5.91 Å². The summed E-state index contributed by atoms with van der Waals surface area (Å²) in [4.78, 5) is 29.2. The molecule has 1 aliphatic rings. The fourth-order valence-corrected chi connectivity index (χ4v) is 4.01. The van der Waals surface area contributed by atoms with E-state index in [2.05, 4.69) is 32.7 Å². The van der Waals surface area contributed by atoms with Gasteiger partial charge in [0.25, 0.3) is 5.91 Å². The second-order valence-electron chi connectivity index (χ2n) is 7.51. The molecule has 1 aromatic carbocycles. The maximum absolute atomic E-state index is 12.6. The normalized spacial score (nSPS) is 18.8. The van der Waals surface area contributed by atoms with Gasteiger partial charge in [0.1, 0.15) is 5.82 Å². The highest BCUT2D eigenvalue weighted by Crippen LogP contribution is 2.21. The molecule has 1 fully saturated rings. The second kappa shape index (κ2) is 8.46. The first kappa shape index (κ1) is 19.2. The van der Waals surface area contributed by atoms with Gasteiger partial charge >= 0.3 is 0 Å². The number of fused-ring (bicyclic) bond motifs is 1. The van der Waals surface area contributed by atoms with Gasteiger partial charge in [-0.15, -0.1) is 0 Å². The quantitative estimate of drug-likeness (QED) is 0.571. The number of imidazole rings is 1. The second-order valence-corrected chi connectivity index (χ2v) is 7.51. The Kier molecular flexibility index (Phi) is 5.59. The summed E-state index contributed by atoms with van der Waals surface area (Å²) < 4.78 is 2.02. The van der Waals surface area contributed by atoms with Crippen molar-refractivity contribution in [1.29, 1.82) is 0 Å². The minimum Gasteiger partial charge on any atom is -0.353 e. The SMILES string of the molecule is CCc1nccn1CCC(=O)N[C@@H]1CC[C@H](NC(=O)c2n[nH]c3ccccc23)C1. The highest BCUT2D eigenvalue weighted by Gasteiger charge is 2.28. The lowest BCUT2D eigenvalue weighted by Crippen LogP contribution is -2.37. The van der Waals surface area contributed by atoms with Crippen LogP contribution in [0.15, 0.2) is 36.7 Å². The Hall–Kier alpha value is -3.16. The number of hydrogen-bond acceptors (Lipinski definition) is 4. The molecule has 8 nitrogen and oxygen atoms in total. The number of rotatable bonds is 7. The number of aryl methyl sites for hydroxylation is 2. The summed E-state index contributed by atoms with van der Waals surface area (Å²) in [6, 6.07) is 7.72. The molecule has 0 spiro atoms. The van der Waals surface area contributed by atoms with Crippen LogP contribution >= 0.6 is 0 Å². The van der Waals surface area contributed by atoms with E-state index in [0.29, 0.717) is 18.7 Å². The Morgan fingerprint density at radius 2 is 2.00 bits per heavy atom. The average molecular weight is 394 g/mol. The van der Waals surface area contributed by atoms with Crippen LogP contribution in [0.2, 0.25) is 0 Å². The fraction of sp³-hybridized carbons (Fsp3) is 0.429. The van der Waals surface area contributed by atoms with Crippen LogP contribution in [0.25, 0.3) is 10.9 Å². The topological polar surface area (TPSA) is 105 Å². The summed E-state index contributed by atoms with van der Waals surface area (Å²) in [5, 5.41) is 14.0. The number of nitrogens with zero attached hydrogens (tertiary/aromatic N) is 3. The summed E-state index contributed by atoms with van der Waals surface area (Å²) in [5.41, 5.74) is 1.26. The van der Waals surface area contributed by atoms with E-state index in [1.165, 1.54) is 0 Å². The number of nitrogens with one attached hydrogen (secondary N) is 3. The Morgan fingerprint density at radius 1 is 1.21 bits per heavy atom. The first-order valence-corrected chi connectivity index (χ1v) is 10.2. The van der Waals surface area contributed by atoms with Crippen molar-refractivity contribution in [2.24, 2.45) is 0 Å². The van der Waals surface area contributed by atoms with Gasteiger partial charge in [-0.3, -0.25) is 14.7 Å². The summed E-state index contributed by atoms with van der Waals surface area (Å²) in [7, 11) is 0. The van der Waals surface area contributed by atoms with Crippen molar-refractivity contribution >= 4 is 22.7 Å². The van der Waals surface area contributed by atoms with Crippen molar-refractivity contribution in [1.82, 2.24) is 30.4 Å². The minimum atomic E-state index is -0.174. The van der Waals surface area contributed by atoms with Crippen molar-refractivity contribution in [2.75, 3.05) is 0 Å². The lowest BCUT2D eigenvalue weighted by atomic mass is 10.2. The number of carbonyl (C=O) groups is 2. The van der Waals surface area contributed by atoms with Crippen molar-refractivity contribution in [2.45, 2.75) is 57.7 Å². The summed E-state index contributed by atoms with van der Waals surface area (Å²) in [6.07, 6.45) is 7.41. The number of aromatic amines is 1. The van der Waals surface area contributed by atoms with E-state index in [1.807, 2.05) is 35.0 Å². The largest absolute Gasteiger partial charge is 0.353 e. The van der Waals surface area contributed by atoms with Crippen molar-refractivity contribution in [3.63, 3.8) is 0 Å². The lowest BCUT2D eigenvalue weighted by molar-refractivity contribution is -0.122. The molecule has 0 saturated heterocycles. The smallest absolute Gasteiger partial charge is 0.272 e. The maximum atomic E-state index is 12.6. The molecular formula is C21H26N6O2. The van der Waals surface area contributed by atoms with Gasteiger partial charge < -0.3 is 15.2 Å². The van der Waals surface area contributed by atoms with E-state index in [9.17, 15) is 9.59 Å². The molecule has 29 heavy (non-hydrogen) atoms. The summed E-state index contributed by atoms with van der Waals surface area (Å²) in [6.45, 7) is 2.69. The first-order valence-electron chi connectivity index (χ1n) is 10.2. The number of carbonyl (C=O) groups excluding carboxylic acids is 2. The number of para-hydroxylation sites is 1. The van der Waals surface area contributed by atoms with E-state index in [4.69, 9.17) is 0 Å². The van der Waals surface area contributed by atoms with Gasteiger partial charge in [-0.2, -0.15) is 5.10 Å². The van der Waals surface area contributed by atoms with Crippen LogP contribution in [0.4, 0.5) is 0 Å². The van der Waals surface area contributed by atoms with E-state index in [-0.39, 0.29) is 23.9 Å². The molecular weight excluding hydrogens is 368 g/mol. The number of hydrogen-bond donors (Lipinski definition) is 3. The van der Waals surface area contributed by atoms with Crippen LogP contribution < -0.4 is 10.6 Å². The van der Waals surface area contributed by atoms with Crippen molar-refractivity contribution in [3.8, 4) is 0 Å². The monoisotopic (exact) mass is 394 g/mol. The Bertz CT molecular complexity index is 1010. The molecule has 3 N–H and O–H groups in total. The van der Waals surface area contributed by atoms with E-state index in [0.717, 1.165) is 42.4 Å². The molecule has 2 amide bonds. The Balaban J connectivity index is 1.26. The van der Waals surface area contributed by atoms with E-state index in [1.54, 1.807) is 6.20 Å². The standard InChI is InChI=1S/C21H26N6O2/c1-2-18-22-10-12-27(18)11-9-19(28)23-14-7-8-15(13-14)24-21(29)20-16-5-3-4-6-17(16)25-26-20/h3-6,10,12,14-15H,2,7-9,11,13H2,1H3,(H,23,28)(H,24,29)(H,25,26)/t14-,15+/m1/s1. The molecule has 0 radical (unpaired) electrons. The molecule has 4 rings (SSSR count). The average Bonchev–Trinajstić information content (AvgIpc) is 3.45. The third kappa shape index (κ3) is 4.31. The van der Waals surface area contributed by atoms with Gasteiger partial charge in [0.05, 0.1) is 5.52 Å². The van der Waals surface area contributed by atoms with Gasteiger partial charge in [0.15, 0.2) is 5.69 Å². The maximum Gasteiger partial charge on any atom is 0.272 e. The molecule has 1 saturated carbocycles. The van der Waals surface area contributed by atoms with E-state index >= 15 is 0 Å². The van der Waals surface area contributed by atoms with Gasteiger partial charge in [-0.1, -0.05) is 25.1 Å². The van der Waals surface area contributed by atoms with Crippen LogP contribution in [0.5, 0.6) is 0 Å². The molecule has 1 aliphatic carbocycles. The number of benzene rings is 1. The predicted octanol–water partition coefficient (Wildman–Crippen LogP) is 2.18. The lowest BCUT2D eigenvalue weighted by Gasteiger charge is -2.15. The molecule has 8 heteroatoms. The highest BCUT2D eigenvalue weighted by molar-refractivity contribution is 6.04. The molecule has 2 heterocycles. The van der Waals surface area contributed by atoms with Crippen LogP contribution in [-0.4, -0.2) is 43.6 Å². The molecule has 0 bridgehead atoms. The van der Waals surface area contributed by atoms with Crippen molar-refractivity contribution in [3.05, 3.63) is 48.2 Å². The number of H-pyrrole nitrogens is 1. The summed E-state index contributed by atoms with van der Waals surface area (Å²) in [5.74, 6) is 0.856. The Labute approximate surface area is 169 Å². The molecule has 152 valence electrons. The first-order chi connectivity index (χ1) is 14.1. The fourth-order valence-electron chi connectivity index (χ4n) is 4.01. The van der Waals surface area contributed by atoms with Gasteiger partial charge in [-0.25, -0.2) is 4.98 Å². The molecule has 2 aromatic heterocycles. The third-order valence-electron chi connectivity index (χ3n) is 5.52. The molecule has 2 atom stereocenters.